The SMILES string of the molecule is C/C(=N\N(N)c1ccc(Br)cc1)c1cc(Cl)ccc1NS(=O)(=O)C(F)(F)F. The summed E-state index contributed by atoms with van der Waals surface area (Å²) >= 11 is 9.17. The van der Waals surface area contributed by atoms with Gasteiger partial charge in [-0.05, 0) is 49.4 Å². The summed E-state index contributed by atoms with van der Waals surface area (Å²) in [5.74, 6) is 5.85. The van der Waals surface area contributed by atoms with E-state index in [1.54, 1.807) is 24.3 Å². The van der Waals surface area contributed by atoms with Gasteiger partial charge in [0, 0.05) is 15.1 Å². The Bertz CT molecular complexity index is 966. The number of sulfonamides is 1. The van der Waals surface area contributed by atoms with Crippen LogP contribution in [0.15, 0.2) is 52.0 Å². The van der Waals surface area contributed by atoms with Crippen LogP contribution in [0.3, 0.4) is 0 Å². The summed E-state index contributed by atoms with van der Waals surface area (Å²) in [7, 11) is -5.60. The Balaban J connectivity index is 2.42. The zero-order valence-corrected chi connectivity index (χ0v) is 16.8. The second-order valence-corrected chi connectivity index (χ2v) is 8.27. The fourth-order valence-corrected chi connectivity index (χ4v) is 2.99. The van der Waals surface area contributed by atoms with Gasteiger partial charge in [-0.2, -0.15) is 31.8 Å². The van der Waals surface area contributed by atoms with Crippen LogP contribution in [-0.4, -0.2) is 19.6 Å². The number of nitrogens with one attached hydrogen (secondary N) is 1. The Hall–Kier alpha value is -1.82. The highest BCUT2D eigenvalue weighted by molar-refractivity contribution is 9.10. The molecule has 0 saturated carbocycles. The summed E-state index contributed by atoms with van der Waals surface area (Å²) in [6.45, 7) is 1.45. The molecule has 0 radical (unpaired) electrons. The van der Waals surface area contributed by atoms with E-state index in [0.29, 0.717) is 5.69 Å². The lowest BCUT2D eigenvalue weighted by molar-refractivity contribution is -0.0429. The summed E-state index contributed by atoms with van der Waals surface area (Å²) in [6.07, 6.45) is 0. The third kappa shape index (κ3) is 5.34. The Kier molecular flexibility index (Phi) is 6.40. The van der Waals surface area contributed by atoms with Crippen molar-refractivity contribution < 1.29 is 21.6 Å². The van der Waals surface area contributed by atoms with E-state index >= 15 is 0 Å². The Morgan fingerprint density at radius 2 is 1.81 bits per heavy atom. The lowest BCUT2D eigenvalue weighted by Gasteiger charge is -2.17. The predicted octanol–water partition coefficient (Wildman–Crippen LogP) is 4.47. The molecular weight excluding hydrogens is 473 g/mol. The highest BCUT2D eigenvalue weighted by atomic mass is 79.9. The third-order valence-electron chi connectivity index (χ3n) is 3.27. The number of alkyl halides is 3. The number of rotatable bonds is 5. The van der Waals surface area contributed by atoms with E-state index < -0.39 is 15.5 Å². The highest BCUT2D eigenvalue weighted by Gasteiger charge is 2.46. The molecule has 2 rings (SSSR count). The van der Waals surface area contributed by atoms with E-state index in [2.05, 4.69) is 21.0 Å². The topological polar surface area (TPSA) is 87.8 Å². The standard InChI is InChI=1S/C15H13BrClF3N4O2S/c1-9(22-24(21)12-5-2-10(16)3-6-12)13-8-11(17)4-7-14(13)23-27(25,26)15(18,19)20/h2-8,23H,21H2,1H3/b22-9+. The summed E-state index contributed by atoms with van der Waals surface area (Å²) in [5, 5.41) is 5.27. The van der Waals surface area contributed by atoms with Crippen molar-refractivity contribution in [1.82, 2.24) is 0 Å². The fraction of sp³-hybridized carbons (Fsp3) is 0.133. The quantitative estimate of drug-likeness (QED) is 0.372. The van der Waals surface area contributed by atoms with Crippen LogP contribution in [-0.2, 0) is 10.0 Å². The zero-order valence-electron chi connectivity index (χ0n) is 13.6. The van der Waals surface area contributed by atoms with Gasteiger partial charge in [-0.25, -0.2) is 5.84 Å². The summed E-state index contributed by atoms with van der Waals surface area (Å²) in [4.78, 5) is 0. The van der Waals surface area contributed by atoms with Gasteiger partial charge < -0.3 is 0 Å². The van der Waals surface area contributed by atoms with E-state index in [0.717, 1.165) is 15.7 Å². The van der Waals surface area contributed by atoms with E-state index in [-0.39, 0.29) is 22.0 Å². The maximum atomic E-state index is 12.7. The third-order valence-corrected chi connectivity index (χ3v) is 5.13. The molecule has 27 heavy (non-hydrogen) atoms. The van der Waals surface area contributed by atoms with Crippen LogP contribution < -0.4 is 15.7 Å². The number of hydrogen-bond donors (Lipinski definition) is 2. The zero-order chi connectivity index (χ0) is 20.4. The van der Waals surface area contributed by atoms with Crippen LogP contribution >= 0.6 is 27.5 Å². The molecule has 0 aromatic heterocycles. The minimum Gasteiger partial charge on any atom is -0.275 e. The lowest BCUT2D eigenvalue weighted by Crippen LogP contribution is -2.31. The number of nitrogens with zero attached hydrogens (tertiary/aromatic N) is 2. The Morgan fingerprint density at radius 1 is 1.22 bits per heavy atom. The molecule has 12 heteroatoms. The predicted molar refractivity (Wildman–Crippen MR) is 103 cm³/mol. The molecule has 3 N–H and O–H groups in total. The monoisotopic (exact) mass is 484 g/mol. The molecule has 6 nitrogen and oxygen atoms in total. The maximum Gasteiger partial charge on any atom is 0.516 e. The van der Waals surface area contributed by atoms with Crippen molar-refractivity contribution in [1.29, 1.82) is 0 Å². The molecule has 2 aromatic carbocycles. The number of hydrazine groups is 1. The van der Waals surface area contributed by atoms with Gasteiger partial charge in [0.1, 0.15) is 0 Å². The van der Waals surface area contributed by atoms with Crippen molar-refractivity contribution in [3.8, 4) is 0 Å². The van der Waals surface area contributed by atoms with Crippen LogP contribution in [0.2, 0.25) is 5.02 Å². The number of halogens is 5. The van der Waals surface area contributed by atoms with Gasteiger partial charge in [0.05, 0.1) is 17.1 Å². The van der Waals surface area contributed by atoms with Gasteiger partial charge in [0.25, 0.3) is 0 Å². The molecule has 0 heterocycles. The van der Waals surface area contributed by atoms with Crippen molar-refractivity contribution in [2.45, 2.75) is 12.4 Å². The summed E-state index contributed by atoms with van der Waals surface area (Å²) < 4.78 is 63.1. The first-order chi connectivity index (χ1) is 12.4. The molecule has 0 aliphatic carbocycles. The van der Waals surface area contributed by atoms with Crippen LogP contribution in [0.1, 0.15) is 12.5 Å². The first kappa shape index (κ1) is 21.5. The normalized spacial score (nSPS) is 12.8. The Labute approximate surface area is 166 Å². The number of benzene rings is 2. The molecule has 0 fully saturated rings. The molecular formula is C15H13BrClF3N4O2S. The maximum absolute atomic E-state index is 12.7. The summed E-state index contributed by atoms with van der Waals surface area (Å²) in [6, 6.07) is 10.4. The Morgan fingerprint density at radius 3 is 2.37 bits per heavy atom. The van der Waals surface area contributed by atoms with Crippen molar-refractivity contribution >= 4 is 54.6 Å². The number of anilines is 2. The second-order valence-electron chi connectivity index (χ2n) is 5.25. The minimum atomic E-state index is -5.60. The molecule has 0 atom stereocenters. The lowest BCUT2D eigenvalue weighted by atomic mass is 10.1. The molecule has 146 valence electrons. The molecule has 0 aliphatic rings. The molecule has 0 spiro atoms. The van der Waals surface area contributed by atoms with Gasteiger partial charge in [0.2, 0.25) is 0 Å². The average molecular weight is 486 g/mol. The van der Waals surface area contributed by atoms with E-state index in [1.165, 1.54) is 23.8 Å². The fourth-order valence-electron chi connectivity index (χ4n) is 1.97. The molecule has 0 bridgehead atoms. The van der Waals surface area contributed by atoms with E-state index in [4.69, 9.17) is 17.4 Å². The first-order valence-corrected chi connectivity index (χ1v) is 9.81. The number of nitrogens with two attached hydrogens (primary N) is 1. The number of hydrazone groups is 1. The average Bonchev–Trinajstić information content (AvgIpc) is 2.55. The van der Waals surface area contributed by atoms with E-state index in [1.807, 2.05) is 0 Å². The molecule has 0 unspecified atom stereocenters. The highest BCUT2D eigenvalue weighted by Crippen LogP contribution is 2.29. The van der Waals surface area contributed by atoms with E-state index in [9.17, 15) is 21.6 Å². The van der Waals surface area contributed by atoms with Gasteiger partial charge in [-0.3, -0.25) is 4.72 Å². The molecule has 0 aliphatic heterocycles. The number of hydrogen-bond acceptors (Lipinski definition) is 5. The van der Waals surface area contributed by atoms with Crippen molar-refractivity contribution in [2.24, 2.45) is 10.9 Å². The molecule has 0 saturated heterocycles. The minimum absolute atomic E-state index is 0.0443. The first-order valence-electron chi connectivity index (χ1n) is 7.15. The van der Waals surface area contributed by atoms with Crippen LogP contribution in [0.4, 0.5) is 24.5 Å². The largest absolute Gasteiger partial charge is 0.516 e. The van der Waals surface area contributed by atoms with Crippen LogP contribution in [0.25, 0.3) is 0 Å². The van der Waals surface area contributed by atoms with Gasteiger partial charge >= 0.3 is 15.5 Å². The smallest absolute Gasteiger partial charge is 0.275 e. The summed E-state index contributed by atoms with van der Waals surface area (Å²) in [5.41, 5.74) is -5.11. The van der Waals surface area contributed by atoms with Crippen LogP contribution in [0.5, 0.6) is 0 Å². The van der Waals surface area contributed by atoms with Crippen molar-refractivity contribution in [2.75, 3.05) is 9.84 Å². The van der Waals surface area contributed by atoms with Gasteiger partial charge in [0.15, 0.2) is 0 Å². The van der Waals surface area contributed by atoms with Gasteiger partial charge in [-0.15, -0.1) is 0 Å². The van der Waals surface area contributed by atoms with Crippen molar-refractivity contribution in [3.63, 3.8) is 0 Å². The second kappa shape index (κ2) is 8.05. The van der Waals surface area contributed by atoms with Gasteiger partial charge in [-0.1, -0.05) is 27.5 Å². The molecule has 0 amide bonds. The van der Waals surface area contributed by atoms with Crippen LogP contribution in [0, 0.1) is 0 Å². The molecule has 2 aromatic rings. The van der Waals surface area contributed by atoms with Crippen molar-refractivity contribution in [3.05, 3.63) is 57.5 Å².